The van der Waals surface area contributed by atoms with Gasteiger partial charge in [0.15, 0.2) is 11.5 Å². The van der Waals surface area contributed by atoms with Gasteiger partial charge in [-0.15, -0.1) is 0 Å². The van der Waals surface area contributed by atoms with E-state index in [1.165, 1.54) is 34.6 Å². The number of benzene rings is 3. The normalized spacial score (nSPS) is 16.1. The van der Waals surface area contributed by atoms with Crippen molar-refractivity contribution in [3.8, 4) is 11.5 Å². The summed E-state index contributed by atoms with van der Waals surface area (Å²) in [5.41, 5.74) is 0.990. The maximum atomic E-state index is 14.8. The SMILES string of the molecule is O=C(Nc1ccc(S(=O)(=O)N2CCN(Cc3ccc4c(c3)OCO4)CC2)cc1F)c1ccc(Cl)cc1Cl. The monoisotopic (exact) mass is 565 g/mol. The highest BCUT2D eigenvalue weighted by atomic mass is 35.5. The molecule has 12 heteroatoms. The molecule has 0 atom stereocenters. The molecule has 0 aromatic heterocycles. The summed E-state index contributed by atoms with van der Waals surface area (Å²) in [4.78, 5) is 14.5. The quantitative estimate of drug-likeness (QED) is 0.469. The minimum atomic E-state index is -3.92. The molecule has 2 aliphatic heterocycles. The number of nitrogens with one attached hydrogen (secondary N) is 1. The van der Waals surface area contributed by atoms with E-state index in [-0.39, 0.29) is 41.1 Å². The molecule has 37 heavy (non-hydrogen) atoms. The molecule has 2 aliphatic rings. The zero-order chi connectivity index (χ0) is 26.2. The van der Waals surface area contributed by atoms with E-state index in [1.54, 1.807) is 0 Å². The number of rotatable bonds is 6. The highest BCUT2D eigenvalue weighted by Crippen LogP contribution is 2.33. The first-order valence-corrected chi connectivity index (χ1v) is 13.6. The molecule has 0 radical (unpaired) electrons. The van der Waals surface area contributed by atoms with Gasteiger partial charge in [-0.1, -0.05) is 29.3 Å². The van der Waals surface area contributed by atoms with Crippen LogP contribution in [-0.4, -0.2) is 56.5 Å². The lowest BCUT2D eigenvalue weighted by atomic mass is 10.2. The van der Waals surface area contributed by atoms with E-state index < -0.39 is 21.7 Å². The molecule has 1 N–H and O–H groups in total. The summed E-state index contributed by atoms with van der Waals surface area (Å²) in [6.07, 6.45) is 0. The molecule has 3 aromatic carbocycles. The van der Waals surface area contributed by atoms with Crippen molar-refractivity contribution in [2.24, 2.45) is 0 Å². The largest absolute Gasteiger partial charge is 0.454 e. The molecule has 0 aliphatic carbocycles. The van der Waals surface area contributed by atoms with Gasteiger partial charge in [0.1, 0.15) is 5.82 Å². The Balaban J connectivity index is 1.22. The van der Waals surface area contributed by atoms with Crippen LogP contribution in [0.2, 0.25) is 10.0 Å². The molecule has 0 unspecified atom stereocenters. The van der Waals surface area contributed by atoms with Crippen LogP contribution in [0.5, 0.6) is 11.5 Å². The Labute approximate surface area is 223 Å². The van der Waals surface area contributed by atoms with Crippen molar-refractivity contribution in [1.82, 2.24) is 9.21 Å². The average molecular weight is 566 g/mol. The molecular weight excluding hydrogens is 544 g/mol. The van der Waals surface area contributed by atoms with Gasteiger partial charge < -0.3 is 14.8 Å². The third-order valence-electron chi connectivity index (χ3n) is 6.18. The summed E-state index contributed by atoms with van der Waals surface area (Å²) >= 11 is 11.9. The van der Waals surface area contributed by atoms with Crippen LogP contribution in [0, 0.1) is 5.82 Å². The van der Waals surface area contributed by atoms with Crippen LogP contribution in [0.25, 0.3) is 0 Å². The fourth-order valence-corrected chi connectivity index (χ4v) is 6.12. The van der Waals surface area contributed by atoms with Crippen molar-refractivity contribution in [3.63, 3.8) is 0 Å². The van der Waals surface area contributed by atoms with Gasteiger partial charge in [-0.25, -0.2) is 12.8 Å². The number of hydrogen-bond acceptors (Lipinski definition) is 6. The third kappa shape index (κ3) is 5.53. The average Bonchev–Trinajstić information content (AvgIpc) is 3.33. The number of fused-ring (bicyclic) bond motifs is 1. The van der Waals surface area contributed by atoms with Crippen molar-refractivity contribution < 1.29 is 27.1 Å². The Morgan fingerprint density at radius 2 is 1.70 bits per heavy atom. The van der Waals surface area contributed by atoms with E-state index in [4.69, 9.17) is 32.7 Å². The number of anilines is 1. The first-order valence-electron chi connectivity index (χ1n) is 11.4. The molecular formula is C25H22Cl2FN3O5S. The van der Waals surface area contributed by atoms with E-state index in [0.717, 1.165) is 11.6 Å². The minimum Gasteiger partial charge on any atom is -0.454 e. The smallest absolute Gasteiger partial charge is 0.257 e. The number of amides is 1. The van der Waals surface area contributed by atoms with Gasteiger partial charge >= 0.3 is 0 Å². The minimum absolute atomic E-state index is 0.112. The molecule has 2 heterocycles. The van der Waals surface area contributed by atoms with Gasteiger partial charge in [-0.3, -0.25) is 9.69 Å². The third-order valence-corrected chi connectivity index (χ3v) is 8.62. The van der Waals surface area contributed by atoms with E-state index in [1.807, 2.05) is 18.2 Å². The van der Waals surface area contributed by atoms with E-state index >= 15 is 0 Å². The molecule has 0 spiro atoms. The first-order chi connectivity index (χ1) is 17.7. The van der Waals surface area contributed by atoms with Crippen LogP contribution < -0.4 is 14.8 Å². The van der Waals surface area contributed by atoms with E-state index in [2.05, 4.69) is 10.2 Å². The van der Waals surface area contributed by atoms with Gasteiger partial charge in [0.05, 0.1) is 21.2 Å². The van der Waals surface area contributed by atoms with Crippen LogP contribution in [0.1, 0.15) is 15.9 Å². The lowest BCUT2D eigenvalue weighted by Crippen LogP contribution is -2.48. The van der Waals surface area contributed by atoms with E-state index in [0.29, 0.717) is 36.2 Å². The number of hydrogen-bond donors (Lipinski definition) is 1. The van der Waals surface area contributed by atoms with Crippen molar-refractivity contribution >= 4 is 44.8 Å². The lowest BCUT2D eigenvalue weighted by Gasteiger charge is -2.34. The number of sulfonamides is 1. The zero-order valence-corrected chi connectivity index (χ0v) is 21.7. The van der Waals surface area contributed by atoms with Crippen LogP contribution in [0.15, 0.2) is 59.5 Å². The number of carbonyl (C=O) groups is 1. The molecule has 3 aromatic rings. The van der Waals surface area contributed by atoms with Crippen LogP contribution in [0.3, 0.4) is 0 Å². The van der Waals surface area contributed by atoms with Crippen LogP contribution in [0.4, 0.5) is 10.1 Å². The molecule has 0 saturated carbocycles. The highest BCUT2D eigenvalue weighted by molar-refractivity contribution is 7.89. The number of halogens is 3. The van der Waals surface area contributed by atoms with Crippen LogP contribution >= 0.6 is 23.2 Å². The number of piperazine rings is 1. The van der Waals surface area contributed by atoms with Gasteiger partial charge in [-0.2, -0.15) is 4.31 Å². The lowest BCUT2D eigenvalue weighted by molar-refractivity contribution is 0.102. The molecule has 0 bridgehead atoms. The van der Waals surface area contributed by atoms with Crippen molar-refractivity contribution in [2.75, 3.05) is 38.3 Å². The number of nitrogens with zero attached hydrogens (tertiary/aromatic N) is 2. The summed E-state index contributed by atoms with van der Waals surface area (Å²) in [5, 5.41) is 2.89. The standard InChI is InChI=1S/C25H22Cl2FN3O5S/c26-17-2-4-19(20(27)12-17)25(32)29-22-5-3-18(13-21(22)28)37(33,34)31-9-7-30(8-10-31)14-16-1-6-23-24(11-16)36-15-35-23/h1-6,11-13H,7-10,14-15H2,(H,29,32). The fourth-order valence-electron chi connectivity index (χ4n) is 4.20. The summed E-state index contributed by atoms with van der Waals surface area (Å²) in [5.74, 6) is -0.0985. The summed E-state index contributed by atoms with van der Waals surface area (Å²) in [6.45, 7) is 2.42. The topological polar surface area (TPSA) is 88.2 Å². The van der Waals surface area contributed by atoms with Crippen LogP contribution in [-0.2, 0) is 16.6 Å². The second-order valence-electron chi connectivity index (χ2n) is 8.59. The number of ether oxygens (including phenoxy) is 2. The van der Waals surface area contributed by atoms with Gasteiger partial charge in [0.25, 0.3) is 5.91 Å². The fraction of sp³-hybridized carbons (Fsp3) is 0.240. The van der Waals surface area contributed by atoms with Gasteiger partial charge in [0, 0.05) is 37.7 Å². The second kappa shape index (κ2) is 10.5. The molecule has 194 valence electrons. The van der Waals surface area contributed by atoms with Crippen molar-refractivity contribution in [1.29, 1.82) is 0 Å². The Morgan fingerprint density at radius 3 is 2.43 bits per heavy atom. The maximum Gasteiger partial charge on any atom is 0.257 e. The van der Waals surface area contributed by atoms with Gasteiger partial charge in [-0.05, 0) is 54.1 Å². The highest BCUT2D eigenvalue weighted by Gasteiger charge is 2.29. The maximum absolute atomic E-state index is 14.8. The Hall–Kier alpha value is -2.89. The molecule has 1 amide bonds. The molecule has 1 fully saturated rings. The molecule has 5 rings (SSSR count). The predicted molar refractivity (Wildman–Crippen MR) is 137 cm³/mol. The Morgan fingerprint density at radius 1 is 0.946 bits per heavy atom. The summed E-state index contributed by atoms with van der Waals surface area (Å²) < 4.78 is 53.2. The molecule has 1 saturated heterocycles. The Bertz CT molecular complexity index is 1460. The molecule has 8 nitrogen and oxygen atoms in total. The second-order valence-corrected chi connectivity index (χ2v) is 11.4. The van der Waals surface area contributed by atoms with Crippen molar-refractivity contribution in [2.45, 2.75) is 11.4 Å². The van der Waals surface area contributed by atoms with E-state index in [9.17, 15) is 17.6 Å². The predicted octanol–water partition coefficient (Wildman–Crippen LogP) is 4.62. The first kappa shape index (κ1) is 25.7. The van der Waals surface area contributed by atoms with Gasteiger partial charge in [0.2, 0.25) is 16.8 Å². The summed E-state index contributed by atoms with van der Waals surface area (Å²) in [6, 6.07) is 13.5. The van der Waals surface area contributed by atoms with Crippen molar-refractivity contribution in [3.05, 3.63) is 81.6 Å². The Kier molecular flexibility index (Phi) is 7.28. The number of carbonyl (C=O) groups excluding carboxylic acids is 1. The summed E-state index contributed by atoms with van der Waals surface area (Å²) in [7, 11) is -3.92. The zero-order valence-electron chi connectivity index (χ0n) is 19.4.